The maximum atomic E-state index is 6.08. The lowest BCUT2D eigenvalue weighted by molar-refractivity contribution is 1.11. The number of halogens is 1. The van der Waals surface area contributed by atoms with Crippen LogP contribution < -0.4 is 10.6 Å². The van der Waals surface area contributed by atoms with Crippen molar-refractivity contribution in [3.8, 4) is 0 Å². The molecule has 2 N–H and O–H groups in total. The number of nitrogens with zero attached hydrogens (tertiary/aromatic N) is 2. The molecular weight excluding hydrogens is 320 g/mol. The number of aromatic nitrogens is 2. The molecule has 0 saturated carbocycles. The van der Waals surface area contributed by atoms with Crippen LogP contribution in [0.4, 0.5) is 23.1 Å². The van der Waals surface area contributed by atoms with E-state index in [2.05, 4.69) is 27.5 Å². The van der Waals surface area contributed by atoms with Crippen molar-refractivity contribution in [1.82, 2.24) is 9.97 Å². The van der Waals surface area contributed by atoms with E-state index in [0.29, 0.717) is 11.0 Å². The molecule has 1 aromatic heterocycles. The lowest BCUT2D eigenvalue weighted by Crippen LogP contribution is -2.03. The lowest BCUT2D eigenvalue weighted by atomic mass is 10.2. The molecule has 0 bridgehead atoms. The van der Waals surface area contributed by atoms with E-state index in [1.807, 2.05) is 62.4 Å². The summed E-state index contributed by atoms with van der Waals surface area (Å²) in [5.74, 6) is 1.28. The molecule has 0 unspecified atom stereocenters. The standard InChI is InChI=1S/C19H19ClN4/c1-12-4-8-16(9-5-12)22-19-21-14(3)10-18(24-19)23-17-11-15(20)7-6-13(17)2/h4-11H,1-3H3,(H2,21,22,23,24). The fourth-order valence-electron chi connectivity index (χ4n) is 2.32. The number of rotatable bonds is 4. The third-order valence-corrected chi connectivity index (χ3v) is 3.86. The number of aryl methyl sites for hydroxylation is 3. The highest BCUT2D eigenvalue weighted by atomic mass is 35.5. The van der Waals surface area contributed by atoms with Crippen LogP contribution in [0.3, 0.4) is 0 Å². The van der Waals surface area contributed by atoms with Crippen molar-refractivity contribution < 1.29 is 0 Å². The van der Waals surface area contributed by atoms with Crippen LogP contribution >= 0.6 is 11.6 Å². The Morgan fingerprint density at radius 3 is 2.33 bits per heavy atom. The Morgan fingerprint density at radius 2 is 1.58 bits per heavy atom. The topological polar surface area (TPSA) is 49.8 Å². The molecule has 122 valence electrons. The van der Waals surface area contributed by atoms with Gasteiger partial charge in [-0.15, -0.1) is 0 Å². The molecule has 0 saturated heterocycles. The zero-order valence-electron chi connectivity index (χ0n) is 13.9. The van der Waals surface area contributed by atoms with Gasteiger partial charge in [-0.05, 0) is 50.6 Å². The van der Waals surface area contributed by atoms with E-state index in [4.69, 9.17) is 11.6 Å². The van der Waals surface area contributed by atoms with Crippen molar-refractivity contribution in [3.63, 3.8) is 0 Å². The molecule has 2 aromatic carbocycles. The first kappa shape index (κ1) is 16.3. The Hall–Kier alpha value is -2.59. The molecule has 0 aliphatic heterocycles. The van der Waals surface area contributed by atoms with Crippen molar-refractivity contribution >= 4 is 34.7 Å². The predicted molar refractivity (Wildman–Crippen MR) is 101 cm³/mol. The lowest BCUT2D eigenvalue weighted by Gasteiger charge is -2.12. The van der Waals surface area contributed by atoms with Crippen LogP contribution in [-0.2, 0) is 0 Å². The van der Waals surface area contributed by atoms with Crippen LogP contribution in [0.2, 0.25) is 5.02 Å². The zero-order valence-corrected chi connectivity index (χ0v) is 14.6. The normalized spacial score (nSPS) is 10.5. The third kappa shape index (κ3) is 4.03. The Morgan fingerprint density at radius 1 is 0.833 bits per heavy atom. The number of hydrogen-bond acceptors (Lipinski definition) is 4. The molecule has 0 spiro atoms. The van der Waals surface area contributed by atoms with E-state index in [1.165, 1.54) is 5.56 Å². The summed E-state index contributed by atoms with van der Waals surface area (Å²) in [6.45, 7) is 6.03. The average molecular weight is 339 g/mol. The summed E-state index contributed by atoms with van der Waals surface area (Å²) in [5, 5.41) is 7.24. The van der Waals surface area contributed by atoms with Gasteiger partial charge in [-0.2, -0.15) is 4.98 Å². The third-order valence-electron chi connectivity index (χ3n) is 3.62. The van der Waals surface area contributed by atoms with Gasteiger partial charge in [0.05, 0.1) is 0 Å². The number of nitrogens with one attached hydrogen (secondary N) is 2. The number of anilines is 4. The monoisotopic (exact) mass is 338 g/mol. The highest BCUT2D eigenvalue weighted by Gasteiger charge is 2.06. The Kier molecular flexibility index (Phi) is 4.67. The second kappa shape index (κ2) is 6.89. The fourth-order valence-corrected chi connectivity index (χ4v) is 2.49. The van der Waals surface area contributed by atoms with E-state index in [9.17, 15) is 0 Å². The largest absolute Gasteiger partial charge is 0.340 e. The minimum atomic E-state index is 0.557. The molecule has 5 heteroatoms. The van der Waals surface area contributed by atoms with Gasteiger partial charge in [0.1, 0.15) is 5.82 Å². The smallest absolute Gasteiger partial charge is 0.229 e. The summed E-state index contributed by atoms with van der Waals surface area (Å²) < 4.78 is 0. The maximum absolute atomic E-state index is 6.08. The van der Waals surface area contributed by atoms with Crippen molar-refractivity contribution in [3.05, 3.63) is 70.4 Å². The molecule has 0 fully saturated rings. The van der Waals surface area contributed by atoms with Crippen LogP contribution in [0.15, 0.2) is 48.5 Å². The van der Waals surface area contributed by atoms with Gasteiger partial charge in [-0.25, -0.2) is 4.98 Å². The van der Waals surface area contributed by atoms with Gasteiger partial charge in [-0.3, -0.25) is 0 Å². The van der Waals surface area contributed by atoms with Crippen molar-refractivity contribution in [1.29, 1.82) is 0 Å². The summed E-state index contributed by atoms with van der Waals surface area (Å²) in [7, 11) is 0. The van der Waals surface area contributed by atoms with E-state index in [0.717, 1.165) is 28.5 Å². The highest BCUT2D eigenvalue weighted by molar-refractivity contribution is 6.30. The molecule has 0 aliphatic carbocycles. The highest BCUT2D eigenvalue weighted by Crippen LogP contribution is 2.24. The Balaban J connectivity index is 1.85. The van der Waals surface area contributed by atoms with Crippen LogP contribution in [0.5, 0.6) is 0 Å². The Labute approximate surface area is 146 Å². The summed E-state index contributed by atoms with van der Waals surface area (Å²) >= 11 is 6.08. The number of hydrogen-bond donors (Lipinski definition) is 2. The van der Waals surface area contributed by atoms with Crippen LogP contribution in [0, 0.1) is 20.8 Å². The van der Waals surface area contributed by atoms with Crippen molar-refractivity contribution in [2.75, 3.05) is 10.6 Å². The van der Waals surface area contributed by atoms with Gasteiger partial charge in [0.15, 0.2) is 0 Å². The van der Waals surface area contributed by atoms with Gasteiger partial charge in [0, 0.05) is 28.2 Å². The molecule has 0 amide bonds. The van der Waals surface area contributed by atoms with Gasteiger partial charge >= 0.3 is 0 Å². The summed E-state index contributed by atoms with van der Waals surface area (Å²) in [4.78, 5) is 8.99. The molecule has 4 nitrogen and oxygen atoms in total. The van der Waals surface area contributed by atoms with E-state index in [1.54, 1.807) is 0 Å². The quantitative estimate of drug-likeness (QED) is 0.655. The van der Waals surface area contributed by atoms with Crippen LogP contribution in [0.1, 0.15) is 16.8 Å². The first-order valence-corrected chi connectivity index (χ1v) is 8.10. The first-order chi connectivity index (χ1) is 11.5. The van der Waals surface area contributed by atoms with Gasteiger partial charge in [0.2, 0.25) is 5.95 Å². The molecule has 3 aromatic rings. The molecule has 0 aliphatic rings. The zero-order chi connectivity index (χ0) is 17.1. The van der Waals surface area contributed by atoms with E-state index in [-0.39, 0.29) is 0 Å². The first-order valence-electron chi connectivity index (χ1n) is 7.72. The van der Waals surface area contributed by atoms with Crippen LogP contribution in [-0.4, -0.2) is 9.97 Å². The fraction of sp³-hybridized carbons (Fsp3) is 0.158. The number of benzene rings is 2. The SMILES string of the molecule is Cc1ccc(Nc2nc(C)cc(Nc3cc(Cl)ccc3C)n2)cc1. The molecule has 1 heterocycles. The summed E-state index contributed by atoms with van der Waals surface area (Å²) in [6, 6.07) is 15.8. The second-order valence-electron chi connectivity index (χ2n) is 5.79. The van der Waals surface area contributed by atoms with E-state index < -0.39 is 0 Å². The maximum Gasteiger partial charge on any atom is 0.229 e. The van der Waals surface area contributed by atoms with E-state index >= 15 is 0 Å². The molecule has 0 radical (unpaired) electrons. The van der Waals surface area contributed by atoms with Crippen molar-refractivity contribution in [2.24, 2.45) is 0 Å². The average Bonchev–Trinajstić information content (AvgIpc) is 2.53. The molecule has 24 heavy (non-hydrogen) atoms. The minimum Gasteiger partial charge on any atom is -0.340 e. The predicted octanol–water partition coefficient (Wildman–Crippen LogP) is 5.54. The van der Waals surface area contributed by atoms with Crippen molar-refractivity contribution in [2.45, 2.75) is 20.8 Å². The molecule has 3 rings (SSSR count). The van der Waals surface area contributed by atoms with Gasteiger partial charge in [-0.1, -0.05) is 35.4 Å². The second-order valence-corrected chi connectivity index (χ2v) is 6.23. The summed E-state index contributed by atoms with van der Waals surface area (Å²) in [6.07, 6.45) is 0. The summed E-state index contributed by atoms with van der Waals surface area (Å²) in [5.41, 5.74) is 5.08. The van der Waals surface area contributed by atoms with Gasteiger partial charge < -0.3 is 10.6 Å². The van der Waals surface area contributed by atoms with Gasteiger partial charge in [0.25, 0.3) is 0 Å². The Bertz CT molecular complexity index is 860. The van der Waals surface area contributed by atoms with Crippen LogP contribution in [0.25, 0.3) is 0 Å². The minimum absolute atomic E-state index is 0.557. The molecule has 0 atom stereocenters. The molecular formula is C19H19ClN4.